The number of hydrogen-bond acceptors (Lipinski definition) is 2. The molecule has 0 spiro atoms. The van der Waals surface area contributed by atoms with Crippen LogP contribution in [0.3, 0.4) is 0 Å². The van der Waals surface area contributed by atoms with E-state index in [0.717, 1.165) is 17.8 Å². The van der Waals surface area contributed by atoms with Crippen LogP contribution in [0.4, 0.5) is 0 Å². The quantitative estimate of drug-likeness (QED) is 0.595. The number of rotatable bonds is 2. The molecule has 4 fully saturated rings. The molecule has 3 heteroatoms. The highest BCUT2D eigenvalue weighted by atomic mass is 31.1. The lowest BCUT2D eigenvalue weighted by molar-refractivity contribution is 0.0698. The lowest BCUT2D eigenvalue weighted by Gasteiger charge is -2.20. The predicted octanol–water partition coefficient (Wildman–Crippen LogP) is 2.13. The summed E-state index contributed by atoms with van der Waals surface area (Å²) in [5, 5.41) is 0. The maximum Gasteiger partial charge on any atom is 0.494 e. The third-order valence-corrected chi connectivity index (χ3v) is 4.54. The first-order chi connectivity index (χ1) is 5.34. The van der Waals surface area contributed by atoms with Gasteiger partial charge >= 0.3 is 8.69 Å². The largest absolute Gasteiger partial charge is 0.494 e. The van der Waals surface area contributed by atoms with Crippen LogP contribution >= 0.6 is 8.69 Å². The van der Waals surface area contributed by atoms with Gasteiger partial charge in [0.25, 0.3) is 0 Å². The monoisotopic (exact) mass is 171 g/mol. The van der Waals surface area contributed by atoms with Crippen LogP contribution in [0, 0.1) is 17.8 Å². The van der Waals surface area contributed by atoms with Crippen LogP contribution in [0.2, 0.25) is 0 Å². The molecule has 0 aromatic carbocycles. The summed E-state index contributed by atoms with van der Waals surface area (Å²) in [7, 11) is -0.541. The van der Waals surface area contributed by atoms with Crippen LogP contribution in [0.25, 0.3) is 0 Å². The fourth-order valence-corrected chi connectivity index (χ4v) is 4.19. The molecule has 60 valence electrons. The molecule has 2 nitrogen and oxygen atoms in total. The van der Waals surface area contributed by atoms with Gasteiger partial charge in [-0.1, -0.05) is 0 Å². The summed E-state index contributed by atoms with van der Waals surface area (Å²) < 4.78 is 15.8. The van der Waals surface area contributed by atoms with E-state index in [1.54, 1.807) is 0 Å². The van der Waals surface area contributed by atoms with Crippen molar-refractivity contribution in [1.82, 2.24) is 0 Å². The van der Waals surface area contributed by atoms with Gasteiger partial charge < -0.3 is 0 Å². The molecule has 0 aromatic heterocycles. The summed E-state index contributed by atoms with van der Waals surface area (Å²) in [6, 6.07) is 0. The van der Waals surface area contributed by atoms with E-state index < -0.39 is 8.69 Å². The molecule has 0 radical (unpaired) electrons. The average molecular weight is 171 g/mol. The van der Waals surface area contributed by atoms with Gasteiger partial charge in [-0.25, -0.2) is 0 Å². The van der Waals surface area contributed by atoms with E-state index in [-0.39, 0.29) is 5.60 Å². The van der Waals surface area contributed by atoms with E-state index in [0.29, 0.717) is 0 Å². The van der Waals surface area contributed by atoms with Crippen LogP contribution < -0.4 is 0 Å². The third-order valence-electron chi connectivity index (χ3n) is 4.05. The van der Waals surface area contributed by atoms with E-state index in [1.165, 1.54) is 25.7 Å². The second-order valence-corrected chi connectivity index (χ2v) is 4.72. The Balaban J connectivity index is 1.95. The van der Waals surface area contributed by atoms with E-state index in [1.807, 2.05) is 0 Å². The first kappa shape index (κ1) is 6.56. The van der Waals surface area contributed by atoms with Crippen molar-refractivity contribution >= 4 is 8.69 Å². The van der Waals surface area contributed by atoms with Gasteiger partial charge in [0.1, 0.15) is 5.60 Å². The van der Waals surface area contributed by atoms with Crippen LogP contribution in [0.15, 0.2) is 0 Å². The van der Waals surface area contributed by atoms with Crippen molar-refractivity contribution in [3.05, 3.63) is 0 Å². The fourth-order valence-electron chi connectivity index (χ4n) is 3.70. The highest BCUT2D eigenvalue weighted by molar-refractivity contribution is 7.17. The molecule has 0 aliphatic heterocycles. The molecule has 4 aliphatic rings. The van der Waals surface area contributed by atoms with Gasteiger partial charge in [0.05, 0.1) is 0 Å². The highest BCUT2D eigenvalue weighted by Crippen LogP contribution is 2.67. The van der Waals surface area contributed by atoms with Gasteiger partial charge in [-0.2, -0.15) is 0 Å². The van der Waals surface area contributed by atoms with Crippen molar-refractivity contribution in [2.24, 2.45) is 17.8 Å². The third kappa shape index (κ3) is 0.636. The molecule has 4 aliphatic carbocycles. The summed E-state index contributed by atoms with van der Waals surface area (Å²) in [4.78, 5) is 0. The van der Waals surface area contributed by atoms with Crippen molar-refractivity contribution in [2.45, 2.75) is 31.3 Å². The second-order valence-electron chi connectivity index (χ2n) is 4.35. The Hall–Kier alpha value is 0.0600. The van der Waals surface area contributed by atoms with Crippen molar-refractivity contribution in [1.29, 1.82) is 0 Å². The summed E-state index contributed by atoms with van der Waals surface area (Å²) >= 11 is 0. The van der Waals surface area contributed by atoms with Crippen LogP contribution in [0.5, 0.6) is 0 Å². The lowest BCUT2D eigenvalue weighted by atomic mass is 9.95. The Labute approximate surface area is 67.6 Å². The second kappa shape index (κ2) is 1.86. The summed E-state index contributed by atoms with van der Waals surface area (Å²) in [6.45, 7) is 0. The summed E-state index contributed by atoms with van der Waals surface area (Å²) in [6.07, 6.45) is 5.12. The summed E-state index contributed by atoms with van der Waals surface area (Å²) in [5.41, 5.74) is 0.0928. The molecule has 11 heavy (non-hydrogen) atoms. The molecule has 0 N–H and O–H groups in total. The molecule has 0 aromatic rings. The van der Waals surface area contributed by atoms with Gasteiger partial charge in [0, 0.05) is 0 Å². The van der Waals surface area contributed by atoms with Gasteiger partial charge in [-0.15, -0.1) is 4.52 Å². The van der Waals surface area contributed by atoms with Crippen LogP contribution in [-0.2, 0) is 9.09 Å². The molecular weight excluding hydrogens is 159 g/mol. The molecule has 4 saturated carbocycles. The minimum Gasteiger partial charge on any atom is -0.141 e. The van der Waals surface area contributed by atoms with E-state index in [9.17, 15) is 4.57 Å². The van der Waals surface area contributed by atoms with E-state index >= 15 is 0 Å². The van der Waals surface area contributed by atoms with Gasteiger partial charge in [-0.3, -0.25) is 0 Å². The Morgan fingerprint density at radius 3 is 2.27 bits per heavy atom. The Bertz CT molecular complexity index is 202. The average Bonchev–Trinajstić information content (AvgIpc) is 2.54. The minimum atomic E-state index is -0.541. The molecule has 4 bridgehead atoms. The fraction of sp³-hybridized carbons (Fsp3) is 1.00. The van der Waals surface area contributed by atoms with Gasteiger partial charge in [0.2, 0.25) is 0 Å². The first-order valence-corrected chi connectivity index (χ1v) is 5.21. The molecule has 0 heterocycles. The van der Waals surface area contributed by atoms with Gasteiger partial charge in [0.15, 0.2) is 0 Å². The molecule has 3 unspecified atom stereocenters. The SMILES string of the molecule is O=[PH+]OC12CC3CC1CC3C2. The van der Waals surface area contributed by atoms with E-state index in [2.05, 4.69) is 0 Å². The first-order valence-electron chi connectivity index (χ1n) is 4.39. The predicted molar refractivity (Wildman–Crippen MR) is 41.8 cm³/mol. The Morgan fingerprint density at radius 2 is 1.91 bits per heavy atom. The standard InChI is InChI=1S/C8H12O2P/c9-11-10-8-3-5-1-7(8)2-6(5)4-8/h5-7,11H,1-4H2/q+1. The van der Waals surface area contributed by atoms with Crippen molar-refractivity contribution in [2.75, 3.05) is 0 Å². The van der Waals surface area contributed by atoms with Crippen LogP contribution in [0.1, 0.15) is 25.7 Å². The molecule has 4 rings (SSSR count). The van der Waals surface area contributed by atoms with Crippen molar-refractivity contribution in [3.63, 3.8) is 0 Å². The normalized spacial score (nSPS) is 58.4. The lowest BCUT2D eigenvalue weighted by Crippen LogP contribution is -2.27. The zero-order chi connectivity index (χ0) is 7.47. The van der Waals surface area contributed by atoms with E-state index in [4.69, 9.17) is 4.52 Å². The maximum absolute atomic E-state index is 10.4. The Kier molecular flexibility index (Phi) is 1.11. The molecule has 0 saturated heterocycles. The zero-order valence-electron chi connectivity index (χ0n) is 6.38. The van der Waals surface area contributed by atoms with Crippen molar-refractivity contribution < 1.29 is 9.09 Å². The zero-order valence-corrected chi connectivity index (χ0v) is 7.38. The van der Waals surface area contributed by atoms with Crippen LogP contribution in [-0.4, -0.2) is 5.60 Å². The van der Waals surface area contributed by atoms with Crippen molar-refractivity contribution in [3.8, 4) is 0 Å². The van der Waals surface area contributed by atoms with Gasteiger partial charge in [-0.05, 0) is 48.0 Å². The molecule has 0 amide bonds. The summed E-state index contributed by atoms with van der Waals surface area (Å²) in [5.74, 6) is 2.62. The minimum absolute atomic E-state index is 0.0928. The molecular formula is C8H12O2P+. The maximum atomic E-state index is 10.4. The molecule has 3 atom stereocenters. The smallest absolute Gasteiger partial charge is 0.141 e. The topological polar surface area (TPSA) is 26.3 Å². The highest BCUT2D eigenvalue weighted by Gasteiger charge is 2.66. The number of hydrogen-bond donors (Lipinski definition) is 0. The Morgan fingerprint density at radius 1 is 1.27 bits per heavy atom.